The molecule has 0 fully saturated rings. The number of nitriles is 1. The Morgan fingerprint density at radius 2 is 1.90 bits per heavy atom. The van der Waals surface area contributed by atoms with Gasteiger partial charge in [-0.15, -0.1) is 11.3 Å². The number of benzene rings is 2. The van der Waals surface area contributed by atoms with Gasteiger partial charge in [0, 0.05) is 48.2 Å². The van der Waals surface area contributed by atoms with Crippen LogP contribution >= 0.6 is 22.9 Å². The summed E-state index contributed by atoms with van der Waals surface area (Å²) in [4.78, 5) is 44.2. The minimum Gasteiger partial charge on any atom is -0.386 e. The molecule has 0 saturated heterocycles. The molecule has 2 N–H and O–H groups in total. The zero-order chi connectivity index (χ0) is 28.6. The number of rotatable bonds is 8. The largest absolute Gasteiger partial charge is 0.386 e. The van der Waals surface area contributed by atoms with Crippen molar-refractivity contribution in [3.8, 4) is 6.07 Å². The van der Waals surface area contributed by atoms with Gasteiger partial charge in [-0.2, -0.15) is 5.26 Å². The number of nitrogens with one attached hydrogen (secondary N) is 1. The molecule has 1 atom stereocenters. The number of anilines is 1. The number of carbonyl (C=O) groups excluding carboxylic acids is 2. The summed E-state index contributed by atoms with van der Waals surface area (Å²) in [5.74, 6) is -0.700. The summed E-state index contributed by atoms with van der Waals surface area (Å²) in [7, 11) is 3.46. The van der Waals surface area contributed by atoms with Crippen LogP contribution < -0.4 is 10.7 Å². The smallest absolute Gasteiger partial charge is 0.259 e. The number of thiophene rings is 1. The molecule has 0 bridgehead atoms. The van der Waals surface area contributed by atoms with Gasteiger partial charge in [-0.3, -0.25) is 19.3 Å². The van der Waals surface area contributed by atoms with Crippen molar-refractivity contribution in [2.45, 2.75) is 25.7 Å². The van der Waals surface area contributed by atoms with Crippen LogP contribution in [0.25, 0.3) is 10.9 Å². The highest BCUT2D eigenvalue weighted by Gasteiger charge is 2.25. The van der Waals surface area contributed by atoms with E-state index in [1.54, 1.807) is 41.9 Å². The maximum Gasteiger partial charge on any atom is 0.259 e. The van der Waals surface area contributed by atoms with Gasteiger partial charge in [-0.25, -0.2) is 0 Å². The van der Waals surface area contributed by atoms with E-state index in [0.717, 1.165) is 11.1 Å². The fourth-order valence-corrected chi connectivity index (χ4v) is 5.81. The molecule has 40 heavy (non-hydrogen) atoms. The van der Waals surface area contributed by atoms with Crippen molar-refractivity contribution in [2.24, 2.45) is 0 Å². The van der Waals surface area contributed by atoms with Crippen LogP contribution in [-0.4, -0.2) is 51.9 Å². The molecule has 4 aromatic rings. The van der Waals surface area contributed by atoms with Gasteiger partial charge >= 0.3 is 0 Å². The molecule has 0 spiro atoms. The standard InChI is InChI=1S/C29H26ClN5O4S/c1-33(15-24(36)25-8-7-20(11-31)40-25)12-18-9-21-27-23(10-18)32-26(37)16-35(27)14-22(28(21)38)29(39)34(2)13-17-3-5-19(30)6-4-17/h3-10,14,24,36H,12-13,15-16H2,1-2H3,(H,32,37). The minimum atomic E-state index is -0.784. The summed E-state index contributed by atoms with van der Waals surface area (Å²) in [6, 6.07) is 16.2. The molecule has 3 heterocycles. The lowest BCUT2D eigenvalue weighted by Gasteiger charge is -2.25. The summed E-state index contributed by atoms with van der Waals surface area (Å²) in [5.41, 5.74) is 2.24. The van der Waals surface area contributed by atoms with Gasteiger partial charge < -0.3 is 19.9 Å². The monoisotopic (exact) mass is 575 g/mol. The topological polar surface area (TPSA) is 119 Å². The predicted molar refractivity (Wildman–Crippen MR) is 154 cm³/mol. The van der Waals surface area contributed by atoms with Gasteiger partial charge in [0.2, 0.25) is 11.3 Å². The Morgan fingerprint density at radius 3 is 2.60 bits per heavy atom. The third-order valence-electron chi connectivity index (χ3n) is 6.73. The summed E-state index contributed by atoms with van der Waals surface area (Å²) < 4.78 is 1.65. The van der Waals surface area contributed by atoms with Crippen LogP contribution in [0.3, 0.4) is 0 Å². The number of halogens is 1. The number of pyridine rings is 1. The Labute approximate surface area is 239 Å². The molecule has 1 unspecified atom stereocenters. The van der Waals surface area contributed by atoms with Crippen LogP contribution in [0.15, 0.2) is 59.5 Å². The SMILES string of the molecule is CN(Cc1cc2c3c(c1)c(=O)c(C(=O)N(C)Cc1ccc(Cl)cc1)cn3CC(=O)N2)CC(O)c1ccc(C#N)s1. The molecule has 9 nitrogen and oxygen atoms in total. The zero-order valence-corrected chi connectivity index (χ0v) is 23.4. The molecule has 5 rings (SSSR count). The van der Waals surface area contributed by atoms with Crippen LogP contribution in [0.5, 0.6) is 0 Å². The highest BCUT2D eigenvalue weighted by molar-refractivity contribution is 7.12. The summed E-state index contributed by atoms with van der Waals surface area (Å²) in [6.45, 7) is 0.943. The van der Waals surface area contributed by atoms with E-state index in [-0.39, 0.29) is 24.6 Å². The molecule has 0 aliphatic carbocycles. The maximum atomic E-state index is 13.7. The van der Waals surface area contributed by atoms with Gasteiger partial charge in [0.1, 0.15) is 29.2 Å². The third kappa shape index (κ3) is 5.64. The molecule has 0 radical (unpaired) electrons. The van der Waals surface area contributed by atoms with Crippen LogP contribution in [0.2, 0.25) is 5.02 Å². The first-order chi connectivity index (χ1) is 19.1. The highest BCUT2D eigenvalue weighted by atomic mass is 35.5. The predicted octanol–water partition coefficient (Wildman–Crippen LogP) is 3.98. The first kappa shape index (κ1) is 27.6. The van der Waals surface area contributed by atoms with Crippen LogP contribution in [0.1, 0.15) is 37.3 Å². The van der Waals surface area contributed by atoms with Gasteiger partial charge in [-0.1, -0.05) is 23.7 Å². The number of nitrogens with zero attached hydrogens (tertiary/aromatic N) is 4. The number of aromatic nitrogens is 1. The number of hydrogen-bond donors (Lipinski definition) is 2. The molecule has 2 amide bonds. The average Bonchev–Trinajstić information content (AvgIpc) is 3.40. The molecular weight excluding hydrogens is 550 g/mol. The number of aliphatic hydroxyl groups is 1. The summed E-state index contributed by atoms with van der Waals surface area (Å²) >= 11 is 7.21. The van der Waals surface area contributed by atoms with Crippen molar-refractivity contribution in [2.75, 3.05) is 26.0 Å². The second-order valence-electron chi connectivity index (χ2n) is 9.90. The van der Waals surface area contributed by atoms with Crippen LogP contribution in [0, 0.1) is 11.3 Å². The third-order valence-corrected chi connectivity index (χ3v) is 8.07. The van der Waals surface area contributed by atoms with Gasteiger partial charge in [0.05, 0.1) is 11.2 Å². The van der Waals surface area contributed by atoms with Crippen molar-refractivity contribution < 1.29 is 14.7 Å². The maximum absolute atomic E-state index is 13.7. The molecule has 0 saturated carbocycles. The fraction of sp³-hybridized carbons (Fsp3) is 0.241. The lowest BCUT2D eigenvalue weighted by Crippen LogP contribution is -2.34. The zero-order valence-electron chi connectivity index (χ0n) is 21.8. The van der Waals surface area contributed by atoms with E-state index in [2.05, 4.69) is 11.4 Å². The number of carbonyl (C=O) groups is 2. The van der Waals surface area contributed by atoms with Gasteiger partial charge in [0.15, 0.2) is 0 Å². The fourth-order valence-electron chi connectivity index (χ4n) is 4.90. The van der Waals surface area contributed by atoms with Crippen molar-refractivity contribution in [3.05, 3.63) is 96.4 Å². The average molecular weight is 576 g/mol. The van der Waals surface area contributed by atoms with E-state index in [4.69, 9.17) is 16.9 Å². The normalized spacial score (nSPS) is 13.2. The minimum absolute atomic E-state index is 0.0120. The van der Waals surface area contributed by atoms with E-state index in [0.29, 0.717) is 44.5 Å². The Hall–Kier alpha value is -4.01. The van der Waals surface area contributed by atoms with Crippen molar-refractivity contribution in [1.82, 2.24) is 14.4 Å². The lowest BCUT2D eigenvalue weighted by molar-refractivity contribution is -0.116. The van der Waals surface area contributed by atoms with Crippen LogP contribution in [-0.2, 0) is 24.4 Å². The number of hydrogen-bond acceptors (Lipinski definition) is 7. The Balaban J connectivity index is 1.44. The van der Waals surface area contributed by atoms with Crippen molar-refractivity contribution >= 4 is 51.3 Å². The number of likely N-dealkylation sites (N-methyl/N-ethyl adjacent to an activating group) is 1. The van der Waals surface area contributed by atoms with Crippen LogP contribution in [0.4, 0.5) is 5.69 Å². The molecular formula is C29H26ClN5O4S. The first-order valence-electron chi connectivity index (χ1n) is 12.5. The van der Waals surface area contributed by atoms with Gasteiger partial charge in [0.25, 0.3) is 5.91 Å². The quantitative estimate of drug-likeness (QED) is 0.328. The first-order valence-corrected chi connectivity index (χ1v) is 13.7. The van der Waals surface area contributed by atoms with E-state index in [1.807, 2.05) is 30.1 Å². The Kier molecular flexibility index (Phi) is 7.74. The van der Waals surface area contributed by atoms with E-state index in [9.17, 15) is 19.5 Å². The van der Waals surface area contributed by atoms with Crippen molar-refractivity contribution in [1.29, 1.82) is 5.26 Å². The molecule has 2 aromatic heterocycles. The second kappa shape index (κ2) is 11.2. The van der Waals surface area contributed by atoms with Crippen molar-refractivity contribution in [3.63, 3.8) is 0 Å². The molecule has 1 aliphatic heterocycles. The Morgan fingerprint density at radius 1 is 1.15 bits per heavy atom. The van der Waals surface area contributed by atoms with E-state index >= 15 is 0 Å². The second-order valence-corrected chi connectivity index (χ2v) is 11.5. The highest BCUT2D eigenvalue weighted by Crippen LogP contribution is 2.29. The Bertz CT molecular complexity index is 1720. The van der Waals surface area contributed by atoms with E-state index in [1.165, 1.54) is 22.4 Å². The lowest BCUT2D eigenvalue weighted by atomic mass is 10.0. The molecule has 11 heteroatoms. The summed E-state index contributed by atoms with van der Waals surface area (Å²) in [6.07, 6.45) is 0.681. The van der Waals surface area contributed by atoms with E-state index < -0.39 is 17.4 Å². The molecule has 1 aliphatic rings. The molecule has 2 aromatic carbocycles. The van der Waals surface area contributed by atoms with Gasteiger partial charge in [-0.05, 0) is 54.6 Å². The molecule has 204 valence electrons. The number of aliphatic hydroxyl groups excluding tert-OH is 1. The number of amides is 2. The summed E-state index contributed by atoms with van der Waals surface area (Å²) in [5, 5.41) is 23.5.